The fourth-order valence-corrected chi connectivity index (χ4v) is 3.34. The average molecular weight is 365 g/mol. The highest BCUT2D eigenvalue weighted by molar-refractivity contribution is 6.53. The van der Waals surface area contributed by atoms with Gasteiger partial charge in [-0.15, -0.1) is 0 Å². The molecule has 0 atom stereocenters. The summed E-state index contributed by atoms with van der Waals surface area (Å²) in [6, 6.07) is 13.6. The van der Waals surface area contributed by atoms with Crippen molar-refractivity contribution in [3.05, 3.63) is 48.0 Å². The molecule has 2 amide bonds. The topological polar surface area (TPSA) is 49.4 Å². The largest absolute Gasteiger partial charge is 0.349 e. The van der Waals surface area contributed by atoms with Gasteiger partial charge in [-0.3, -0.25) is 9.59 Å². The van der Waals surface area contributed by atoms with Crippen molar-refractivity contribution >= 4 is 45.8 Å². The third-order valence-corrected chi connectivity index (χ3v) is 4.74. The Bertz CT molecular complexity index is 750. The van der Waals surface area contributed by atoms with Crippen LogP contribution in [-0.4, -0.2) is 40.7 Å². The van der Waals surface area contributed by atoms with Crippen LogP contribution in [0.1, 0.15) is 23.2 Å². The molecule has 1 aliphatic heterocycles. The Hall–Kier alpha value is -1.78. The van der Waals surface area contributed by atoms with E-state index in [0.717, 1.165) is 10.8 Å². The number of nitrogens with zero attached hydrogens (tertiary/aromatic N) is 1. The second-order valence-corrected chi connectivity index (χ2v) is 7.00. The number of likely N-dealkylation sites (tertiary alicyclic amines) is 1. The predicted molar refractivity (Wildman–Crippen MR) is 96.5 cm³/mol. The van der Waals surface area contributed by atoms with E-state index in [9.17, 15) is 9.59 Å². The first-order valence-corrected chi connectivity index (χ1v) is 8.79. The second-order valence-electron chi connectivity index (χ2n) is 5.90. The van der Waals surface area contributed by atoms with Gasteiger partial charge in [0.2, 0.25) is 0 Å². The van der Waals surface area contributed by atoms with Gasteiger partial charge in [0, 0.05) is 24.7 Å². The summed E-state index contributed by atoms with van der Waals surface area (Å²) < 4.78 is 0. The SMILES string of the molecule is O=C(NC1CCN(C(=O)C(Cl)Cl)CC1)c1cccc2ccccc12. The van der Waals surface area contributed by atoms with E-state index in [2.05, 4.69) is 5.32 Å². The molecule has 2 aromatic rings. The van der Waals surface area contributed by atoms with E-state index in [1.54, 1.807) is 4.90 Å². The summed E-state index contributed by atoms with van der Waals surface area (Å²) in [7, 11) is 0. The van der Waals surface area contributed by atoms with E-state index in [1.807, 2.05) is 42.5 Å². The number of benzene rings is 2. The minimum Gasteiger partial charge on any atom is -0.349 e. The third-order valence-electron chi connectivity index (χ3n) is 4.36. The van der Waals surface area contributed by atoms with Crippen molar-refractivity contribution in [2.45, 2.75) is 23.7 Å². The number of carbonyl (C=O) groups is 2. The molecular weight excluding hydrogens is 347 g/mol. The molecule has 6 heteroatoms. The molecule has 24 heavy (non-hydrogen) atoms. The van der Waals surface area contributed by atoms with Gasteiger partial charge < -0.3 is 10.2 Å². The lowest BCUT2D eigenvalue weighted by Gasteiger charge is -2.32. The molecule has 0 radical (unpaired) electrons. The van der Waals surface area contributed by atoms with Gasteiger partial charge in [0.05, 0.1) is 0 Å². The molecule has 2 aromatic carbocycles. The van der Waals surface area contributed by atoms with Crippen molar-refractivity contribution in [1.82, 2.24) is 10.2 Å². The number of nitrogens with one attached hydrogen (secondary N) is 1. The second kappa shape index (κ2) is 7.41. The highest BCUT2D eigenvalue weighted by Crippen LogP contribution is 2.20. The van der Waals surface area contributed by atoms with Gasteiger partial charge in [-0.05, 0) is 29.7 Å². The minimum absolute atomic E-state index is 0.0459. The summed E-state index contributed by atoms with van der Waals surface area (Å²) in [5.41, 5.74) is 0.674. The third kappa shape index (κ3) is 3.65. The first-order valence-electron chi connectivity index (χ1n) is 7.92. The molecule has 1 saturated heterocycles. The summed E-state index contributed by atoms with van der Waals surface area (Å²) in [5, 5.41) is 5.06. The van der Waals surface area contributed by atoms with Gasteiger partial charge in [0.15, 0.2) is 4.84 Å². The maximum atomic E-state index is 12.6. The van der Waals surface area contributed by atoms with Crippen LogP contribution in [0, 0.1) is 0 Å². The number of hydrogen-bond acceptors (Lipinski definition) is 2. The lowest BCUT2D eigenvalue weighted by atomic mass is 10.0. The van der Waals surface area contributed by atoms with Crippen molar-refractivity contribution in [1.29, 1.82) is 0 Å². The molecule has 4 nitrogen and oxygen atoms in total. The van der Waals surface area contributed by atoms with Crippen LogP contribution >= 0.6 is 23.2 Å². The molecule has 0 aromatic heterocycles. The Morgan fingerprint density at radius 2 is 1.71 bits per heavy atom. The zero-order valence-corrected chi connectivity index (χ0v) is 14.6. The van der Waals surface area contributed by atoms with Gasteiger partial charge in [-0.25, -0.2) is 0 Å². The summed E-state index contributed by atoms with van der Waals surface area (Å²) in [6.07, 6.45) is 1.39. The van der Waals surface area contributed by atoms with E-state index in [1.165, 1.54) is 0 Å². The van der Waals surface area contributed by atoms with Crippen LogP contribution in [0.15, 0.2) is 42.5 Å². The van der Waals surface area contributed by atoms with Crippen LogP contribution in [0.5, 0.6) is 0 Å². The van der Waals surface area contributed by atoms with E-state index in [0.29, 0.717) is 31.5 Å². The van der Waals surface area contributed by atoms with Gasteiger partial charge in [0.1, 0.15) is 0 Å². The first-order chi connectivity index (χ1) is 11.6. The molecular formula is C18H18Cl2N2O2. The molecule has 0 spiro atoms. The van der Waals surface area contributed by atoms with Crippen molar-refractivity contribution in [3.63, 3.8) is 0 Å². The normalized spacial score (nSPS) is 15.7. The number of alkyl halides is 2. The highest BCUT2D eigenvalue weighted by atomic mass is 35.5. The Kier molecular flexibility index (Phi) is 5.27. The summed E-state index contributed by atoms with van der Waals surface area (Å²) in [6.45, 7) is 1.10. The number of amides is 2. The fourth-order valence-electron chi connectivity index (χ4n) is 3.07. The van der Waals surface area contributed by atoms with E-state index < -0.39 is 4.84 Å². The van der Waals surface area contributed by atoms with Crippen LogP contribution < -0.4 is 5.32 Å². The lowest BCUT2D eigenvalue weighted by molar-refractivity contribution is -0.130. The molecule has 126 valence electrons. The summed E-state index contributed by atoms with van der Waals surface area (Å²) >= 11 is 11.2. The Morgan fingerprint density at radius 3 is 2.42 bits per heavy atom. The molecule has 1 aliphatic rings. The first kappa shape index (κ1) is 17.1. The van der Waals surface area contributed by atoms with Crippen molar-refractivity contribution in [2.75, 3.05) is 13.1 Å². The number of hydrogen-bond donors (Lipinski definition) is 1. The molecule has 0 unspecified atom stereocenters. The van der Waals surface area contributed by atoms with Crippen molar-refractivity contribution in [2.24, 2.45) is 0 Å². The standard InChI is InChI=1S/C18H18Cl2N2O2/c19-16(20)18(24)22-10-8-13(9-11-22)21-17(23)15-7-3-5-12-4-1-2-6-14(12)15/h1-7,13,16H,8-11H2,(H,21,23). The predicted octanol–water partition coefficient (Wildman–Crippen LogP) is 3.36. The number of piperidine rings is 1. The van der Waals surface area contributed by atoms with Crippen LogP contribution in [0.3, 0.4) is 0 Å². The monoisotopic (exact) mass is 364 g/mol. The Morgan fingerprint density at radius 1 is 1.04 bits per heavy atom. The summed E-state index contributed by atoms with van der Waals surface area (Å²) in [5.74, 6) is -0.346. The van der Waals surface area contributed by atoms with Crippen LogP contribution in [0.4, 0.5) is 0 Å². The van der Waals surface area contributed by atoms with E-state index in [-0.39, 0.29) is 17.9 Å². The average Bonchev–Trinajstić information content (AvgIpc) is 2.61. The highest BCUT2D eigenvalue weighted by Gasteiger charge is 2.27. The Labute approximate surface area is 150 Å². The van der Waals surface area contributed by atoms with Crippen LogP contribution in [0.2, 0.25) is 0 Å². The number of rotatable bonds is 3. The molecule has 1 fully saturated rings. The zero-order chi connectivity index (χ0) is 17.1. The number of halogens is 2. The smallest absolute Gasteiger partial charge is 0.255 e. The lowest BCUT2D eigenvalue weighted by Crippen LogP contribution is -2.47. The maximum absolute atomic E-state index is 12.6. The summed E-state index contributed by atoms with van der Waals surface area (Å²) in [4.78, 5) is 25.0. The van der Waals surface area contributed by atoms with Gasteiger partial charge in [0.25, 0.3) is 11.8 Å². The number of fused-ring (bicyclic) bond motifs is 1. The van der Waals surface area contributed by atoms with Crippen LogP contribution in [-0.2, 0) is 4.79 Å². The Balaban J connectivity index is 1.65. The molecule has 1 heterocycles. The molecule has 0 saturated carbocycles. The van der Waals surface area contributed by atoms with E-state index in [4.69, 9.17) is 23.2 Å². The maximum Gasteiger partial charge on any atom is 0.255 e. The number of carbonyl (C=O) groups excluding carboxylic acids is 2. The molecule has 1 N–H and O–H groups in total. The molecule has 3 rings (SSSR count). The molecule has 0 bridgehead atoms. The van der Waals surface area contributed by atoms with Gasteiger partial charge in [-0.1, -0.05) is 59.6 Å². The van der Waals surface area contributed by atoms with E-state index >= 15 is 0 Å². The quantitative estimate of drug-likeness (QED) is 0.848. The fraction of sp³-hybridized carbons (Fsp3) is 0.333. The van der Waals surface area contributed by atoms with Crippen molar-refractivity contribution < 1.29 is 9.59 Å². The van der Waals surface area contributed by atoms with Crippen LogP contribution in [0.25, 0.3) is 10.8 Å². The van der Waals surface area contributed by atoms with Crippen molar-refractivity contribution in [3.8, 4) is 0 Å². The molecule has 0 aliphatic carbocycles. The zero-order valence-electron chi connectivity index (χ0n) is 13.0. The van der Waals surface area contributed by atoms with Gasteiger partial charge in [-0.2, -0.15) is 0 Å². The minimum atomic E-state index is -1.02. The van der Waals surface area contributed by atoms with Gasteiger partial charge >= 0.3 is 0 Å².